The van der Waals surface area contributed by atoms with Crippen LogP contribution in [0.3, 0.4) is 0 Å². The molecule has 2 aliphatic heterocycles. The highest BCUT2D eigenvalue weighted by atomic mass is 19.1. The van der Waals surface area contributed by atoms with E-state index in [9.17, 15) is 18.8 Å². The number of halogens is 1. The summed E-state index contributed by atoms with van der Waals surface area (Å²) in [6.07, 6.45) is 0.245. The summed E-state index contributed by atoms with van der Waals surface area (Å²) in [5, 5.41) is 5.84. The number of nitrogens with zero attached hydrogens (tertiary/aromatic N) is 2. The first-order chi connectivity index (χ1) is 21.9. The summed E-state index contributed by atoms with van der Waals surface area (Å²) in [6.45, 7) is 2.24. The largest absolute Gasteiger partial charge is 0.457 e. The first-order valence-corrected chi connectivity index (χ1v) is 14.9. The van der Waals surface area contributed by atoms with Crippen LogP contribution in [0.2, 0.25) is 0 Å². The zero-order chi connectivity index (χ0) is 31.3. The number of hydrogen-bond acceptors (Lipinski definition) is 4. The molecule has 2 aliphatic rings. The number of carbonyl (C=O) groups is 3. The van der Waals surface area contributed by atoms with Gasteiger partial charge in [-0.15, -0.1) is 0 Å². The zero-order valence-electron chi connectivity index (χ0n) is 24.8. The maximum Gasteiger partial charge on any atom is 0.322 e. The lowest BCUT2D eigenvalue weighted by molar-refractivity contribution is -0.136. The van der Waals surface area contributed by atoms with Gasteiger partial charge in [0.05, 0.1) is 23.9 Å². The number of amides is 4. The summed E-state index contributed by atoms with van der Waals surface area (Å²) >= 11 is 0. The Balaban J connectivity index is 1.31. The quantitative estimate of drug-likeness (QED) is 0.242. The van der Waals surface area contributed by atoms with E-state index in [0.29, 0.717) is 40.4 Å². The molecule has 0 aliphatic carbocycles. The van der Waals surface area contributed by atoms with Crippen molar-refractivity contribution in [2.24, 2.45) is 0 Å². The van der Waals surface area contributed by atoms with Crippen LogP contribution < -0.4 is 15.4 Å². The molecule has 228 valence electrons. The Labute approximate surface area is 261 Å². The Morgan fingerprint density at radius 2 is 1.62 bits per heavy atom. The monoisotopic (exact) mass is 604 g/mol. The van der Waals surface area contributed by atoms with Crippen LogP contribution in [0.1, 0.15) is 29.7 Å². The van der Waals surface area contributed by atoms with Crippen LogP contribution in [0.25, 0.3) is 0 Å². The smallest absolute Gasteiger partial charge is 0.322 e. The normalized spacial score (nSPS) is 16.7. The van der Waals surface area contributed by atoms with Crippen molar-refractivity contribution in [3.8, 4) is 11.5 Å². The van der Waals surface area contributed by atoms with Crippen molar-refractivity contribution >= 4 is 17.8 Å². The number of likely N-dealkylation sites (N-methyl/N-ethyl adjacent to an activating group) is 1. The van der Waals surface area contributed by atoms with Crippen molar-refractivity contribution in [2.45, 2.75) is 32.0 Å². The molecule has 0 saturated heterocycles. The second-order valence-electron chi connectivity index (χ2n) is 10.9. The molecule has 0 spiro atoms. The fourth-order valence-corrected chi connectivity index (χ4v) is 5.86. The third-order valence-corrected chi connectivity index (χ3v) is 8.10. The third-order valence-electron chi connectivity index (χ3n) is 8.10. The van der Waals surface area contributed by atoms with Crippen LogP contribution in [-0.4, -0.2) is 46.8 Å². The number of rotatable bonds is 10. The standard InChI is InChI=1S/C36H33FN4O4/c1-2-40-31-23-41(30(20-24-12-5-3-6-13-24)34(42)38-22-26-14-9-10-19-29(26)37)35(43)32(31)33(39-36(40)44)25-15-11-18-28(21-25)45-27-16-7-4-8-17-27/h3-19,21,30,33H,2,20,22-23H2,1H3,(H,38,42)(H,39,44)/t30-,33+/m0/s1. The van der Waals surface area contributed by atoms with E-state index in [1.54, 1.807) is 23.1 Å². The van der Waals surface area contributed by atoms with Crippen molar-refractivity contribution in [1.29, 1.82) is 0 Å². The van der Waals surface area contributed by atoms with Crippen molar-refractivity contribution in [3.05, 3.63) is 143 Å². The van der Waals surface area contributed by atoms with Gasteiger partial charge in [-0.25, -0.2) is 9.18 Å². The second kappa shape index (κ2) is 13.1. The summed E-state index contributed by atoms with van der Waals surface area (Å²) in [7, 11) is 0. The minimum atomic E-state index is -0.903. The van der Waals surface area contributed by atoms with Gasteiger partial charge in [0.1, 0.15) is 23.4 Å². The van der Waals surface area contributed by atoms with E-state index in [0.717, 1.165) is 5.56 Å². The molecule has 4 aromatic rings. The lowest BCUT2D eigenvalue weighted by Crippen LogP contribution is -2.49. The van der Waals surface area contributed by atoms with Crippen molar-refractivity contribution in [2.75, 3.05) is 13.1 Å². The Bertz CT molecular complexity index is 1740. The van der Waals surface area contributed by atoms with E-state index in [-0.39, 0.29) is 31.4 Å². The van der Waals surface area contributed by atoms with Crippen LogP contribution in [0, 0.1) is 5.82 Å². The average molecular weight is 605 g/mol. The van der Waals surface area contributed by atoms with Crippen LogP contribution in [0.15, 0.2) is 120 Å². The number of carbonyl (C=O) groups excluding carboxylic acids is 3. The third kappa shape index (κ3) is 6.28. The lowest BCUT2D eigenvalue weighted by atomic mass is 9.95. The Hall–Kier alpha value is -5.44. The minimum absolute atomic E-state index is 0.0239. The molecule has 9 heteroatoms. The molecule has 0 aromatic heterocycles. The Morgan fingerprint density at radius 3 is 2.36 bits per heavy atom. The summed E-state index contributed by atoms with van der Waals surface area (Å²) in [5.41, 5.74) is 2.86. The van der Waals surface area contributed by atoms with Gasteiger partial charge < -0.3 is 20.3 Å². The first-order valence-electron chi connectivity index (χ1n) is 14.9. The highest BCUT2D eigenvalue weighted by molar-refractivity contribution is 6.03. The summed E-state index contributed by atoms with van der Waals surface area (Å²) < 4.78 is 20.4. The van der Waals surface area contributed by atoms with Crippen molar-refractivity contribution in [3.63, 3.8) is 0 Å². The van der Waals surface area contributed by atoms with Crippen molar-refractivity contribution < 1.29 is 23.5 Å². The summed E-state index contributed by atoms with van der Waals surface area (Å²) in [5.74, 6) is 0.0472. The zero-order valence-corrected chi connectivity index (χ0v) is 24.8. The Morgan fingerprint density at radius 1 is 0.933 bits per heavy atom. The van der Waals surface area contributed by atoms with E-state index < -0.39 is 23.8 Å². The molecule has 2 heterocycles. The molecular formula is C36H33FN4O4. The highest BCUT2D eigenvalue weighted by Gasteiger charge is 2.46. The molecule has 0 saturated carbocycles. The molecule has 0 unspecified atom stereocenters. The van der Waals surface area contributed by atoms with Crippen LogP contribution in [-0.2, 0) is 22.6 Å². The van der Waals surface area contributed by atoms with Gasteiger partial charge in [0.15, 0.2) is 0 Å². The van der Waals surface area contributed by atoms with Gasteiger partial charge in [-0.1, -0.05) is 78.9 Å². The fraction of sp³-hybridized carbons (Fsp3) is 0.194. The molecule has 0 radical (unpaired) electrons. The van der Waals surface area contributed by atoms with Gasteiger partial charge in [0.2, 0.25) is 5.91 Å². The first kappa shape index (κ1) is 29.6. The van der Waals surface area contributed by atoms with Gasteiger partial charge in [-0.2, -0.15) is 0 Å². The number of para-hydroxylation sites is 1. The van der Waals surface area contributed by atoms with E-state index in [1.165, 1.54) is 11.0 Å². The molecular weight excluding hydrogens is 571 g/mol. The molecule has 4 amide bonds. The number of urea groups is 1. The lowest BCUT2D eigenvalue weighted by Gasteiger charge is -2.33. The highest BCUT2D eigenvalue weighted by Crippen LogP contribution is 2.38. The maximum absolute atomic E-state index is 14.4. The van der Waals surface area contributed by atoms with Gasteiger partial charge in [-0.05, 0) is 48.4 Å². The summed E-state index contributed by atoms with van der Waals surface area (Å²) in [4.78, 5) is 44.5. The topological polar surface area (TPSA) is 91.0 Å². The average Bonchev–Trinajstić information content (AvgIpc) is 3.40. The van der Waals surface area contributed by atoms with E-state index in [2.05, 4.69) is 10.6 Å². The SMILES string of the molecule is CCN1C(=O)N[C@H](c2cccc(Oc3ccccc3)c2)C2=C1CN([C@@H](Cc1ccccc1)C(=O)NCc1ccccc1F)C2=O. The number of hydrogen-bond donors (Lipinski definition) is 2. The molecule has 2 atom stereocenters. The molecule has 6 rings (SSSR count). The number of benzene rings is 4. The van der Waals surface area contributed by atoms with Crippen LogP contribution >= 0.6 is 0 Å². The predicted octanol–water partition coefficient (Wildman–Crippen LogP) is 5.73. The molecule has 0 bridgehead atoms. The van der Waals surface area contributed by atoms with Gasteiger partial charge in [-0.3, -0.25) is 14.5 Å². The van der Waals surface area contributed by atoms with Crippen molar-refractivity contribution in [1.82, 2.24) is 20.4 Å². The van der Waals surface area contributed by atoms with Gasteiger partial charge in [0, 0.05) is 25.1 Å². The van der Waals surface area contributed by atoms with E-state index >= 15 is 0 Å². The summed E-state index contributed by atoms with van der Waals surface area (Å²) in [6, 6.07) is 30.3. The molecule has 45 heavy (non-hydrogen) atoms. The van der Waals surface area contributed by atoms with E-state index in [4.69, 9.17) is 4.74 Å². The fourth-order valence-electron chi connectivity index (χ4n) is 5.86. The van der Waals surface area contributed by atoms with Crippen LogP contribution in [0.4, 0.5) is 9.18 Å². The molecule has 2 N–H and O–H groups in total. The minimum Gasteiger partial charge on any atom is -0.457 e. The van der Waals surface area contributed by atoms with E-state index in [1.807, 2.05) is 91.9 Å². The van der Waals surface area contributed by atoms with Gasteiger partial charge in [0.25, 0.3) is 5.91 Å². The maximum atomic E-state index is 14.4. The van der Waals surface area contributed by atoms with Crippen LogP contribution in [0.5, 0.6) is 11.5 Å². The second-order valence-corrected chi connectivity index (χ2v) is 10.9. The molecule has 0 fully saturated rings. The molecule has 8 nitrogen and oxygen atoms in total. The van der Waals surface area contributed by atoms with Gasteiger partial charge >= 0.3 is 6.03 Å². The molecule has 4 aromatic carbocycles. The Kier molecular flexibility index (Phi) is 8.59. The predicted molar refractivity (Wildman–Crippen MR) is 168 cm³/mol. The number of nitrogens with one attached hydrogen (secondary N) is 2. The number of ether oxygens (including phenoxy) is 1.